The van der Waals surface area contributed by atoms with Crippen molar-refractivity contribution in [3.8, 4) is 0 Å². The maximum absolute atomic E-state index is 11.5. The number of hydrogen-bond donors (Lipinski definition) is 0. The van der Waals surface area contributed by atoms with E-state index < -0.39 is 0 Å². The van der Waals surface area contributed by atoms with Crippen molar-refractivity contribution in [2.24, 2.45) is 0 Å². The van der Waals surface area contributed by atoms with E-state index in [1.807, 2.05) is 4.90 Å². The zero-order valence-electron chi connectivity index (χ0n) is 7.91. The zero-order chi connectivity index (χ0) is 9.68. The van der Waals surface area contributed by atoms with Gasteiger partial charge in [-0.1, -0.05) is 11.8 Å². The SMILES string of the molecule is CC(=O)SCC(=O)N1CCCCC1. The van der Waals surface area contributed by atoms with E-state index >= 15 is 0 Å². The molecule has 1 heterocycles. The van der Waals surface area contributed by atoms with Crippen LogP contribution < -0.4 is 0 Å². The Morgan fingerprint density at radius 1 is 1.23 bits per heavy atom. The van der Waals surface area contributed by atoms with Crippen LogP contribution in [0.5, 0.6) is 0 Å². The summed E-state index contributed by atoms with van der Waals surface area (Å²) in [5.74, 6) is 0.426. The van der Waals surface area contributed by atoms with Crippen molar-refractivity contribution in [3.05, 3.63) is 0 Å². The van der Waals surface area contributed by atoms with Gasteiger partial charge in [0.05, 0.1) is 5.75 Å². The van der Waals surface area contributed by atoms with Crippen LogP contribution in [-0.4, -0.2) is 34.8 Å². The Labute approximate surface area is 82.9 Å². The maximum Gasteiger partial charge on any atom is 0.233 e. The van der Waals surface area contributed by atoms with Gasteiger partial charge in [0, 0.05) is 20.0 Å². The monoisotopic (exact) mass is 201 g/mol. The third kappa shape index (κ3) is 3.81. The minimum absolute atomic E-state index is 0.0189. The van der Waals surface area contributed by atoms with Crippen molar-refractivity contribution < 1.29 is 9.59 Å². The van der Waals surface area contributed by atoms with E-state index in [0.29, 0.717) is 5.75 Å². The summed E-state index contributed by atoms with van der Waals surface area (Å²) < 4.78 is 0. The van der Waals surface area contributed by atoms with Gasteiger partial charge in [-0.05, 0) is 19.3 Å². The highest BCUT2D eigenvalue weighted by atomic mass is 32.2. The summed E-state index contributed by atoms with van der Waals surface area (Å²) in [7, 11) is 0. The predicted octanol–water partition coefficient (Wildman–Crippen LogP) is 1.28. The second-order valence-corrected chi connectivity index (χ2v) is 4.37. The first-order valence-corrected chi connectivity index (χ1v) is 5.60. The lowest BCUT2D eigenvalue weighted by atomic mass is 10.1. The number of likely N-dealkylation sites (tertiary alicyclic amines) is 1. The standard InChI is InChI=1S/C9H15NO2S/c1-8(11)13-7-9(12)10-5-3-2-4-6-10/h2-7H2,1H3. The number of carbonyl (C=O) groups is 2. The minimum atomic E-state index is 0.0189. The first kappa shape index (κ1) is 10.6. The molecule has 0 N–H and O–H groups in total. The summed E-state index contributed by atoms with van der Waals surface area (Å²) in [6, 6.07) is 0. The normalized spacial score (nSPS) is 17.2. The van der Waals surface area contributed by atoms with Crippen molar-refractivity contribution >= 4 is 22.8 Å². The Balaban J connectivity index is 2.25. The van der Waals surface area contributed by atoms with Gasteiger partial charge in [0.25, 0.3) is 0 Å². The van der Waals surface area contributed by atoms with Gasteiger partial charge in [0.1, 0.15) is 0 Å². The molecule has 0 bridgehead atoms. The lowest BCUT2D eigenvalue weighted by Crippen LogP contribution is -2.36. The molecule has 0 unspecified atom stereocenters. The average Bonchev–Trinajstić information content (AvgIpc) is 2.15. The molecule has 74 valence electrons. The first-order valence-electron chi connectivity index (χ1n) is 4.61. The summed E-state index contributed by atoms with van der Waals surface area (Å²) in [6.07, 6.45) is 3.44. The molecule has 0 radical (unpaired) electrons. The van der Waals surface area contributed by atoms with Crippen LogP contribution in [0, 0.1) is 0 Å². The van der Waals surface area contributed by atoms with Crippen molar-refractivity contribution in [1.29, 1.82) is 0 Å². The number of hydrogen-bond acceptors (Lipinski definition) is 3. The predicted molar refractivity (Wildman–Crippen MR) is 53.6 cm³/mol. The van der Waals surface area contributed by atoms with Crippen molar-refractivity contribution in [1.82, 2.24) is 4.90 Å². The molecule has 13 heavy (non-hydrogen) atoms. The molecular formula is C9H15NO2S. The van der Waals surface area contributed by atoms with E-state index in [2.05, 4.69) is 0 Å². The van der Waals surface area contributed by atoms with Gasteiger partial charge in [-0.25, -0.2) is 0 Å². The van der Waals surface area contributed by atoms with Crippen LogP contribution in [0.1, 0.15) is 26.2 Å². The Bertz CT molecular complexity index is 200. The Hall–Kier alpha value is -0.510. The molecule has 0 aromatic carbocycles. The molecule has 0 aromatic rings. The molecule has 1 rings (SSSR count). The van der Waals surface area contributed by atoms with Gasteiger partial charge in [-0.2, -0.15) is 0 Å². The van der Waals surface area contributed by atoms with Crippen molar-refractivity contribution in [3.63, 3.8) is 0 Å². The molecule has 0 aromatic heterocycles. The minimum Gasteiger partial charge on any atom is -0.342 e. The van der Waals surface area contributed by atoms with E-state index in [-0.39, 0.29) is 11.0 Å². The molecule has 0 atom stereocenters. The number of piperidine rings is 1. The summed E-state index contributed by atoms with van der Waals surface area (Å²) in [6.45, 7) is 3.24. The van der Waals surface area contributed by atoms with E-state index in [0.717, 1.165) is 37.7 Å². The fraction of sp³-hybridized carbons (Fsp3) is 0.778. The Morgan fingerprint density at radius 2 is 1.85 bits per heavy atom. The van der Waals surface area contributed by atoms with Crippen LogP contribution in [0.2, 0.25) is 0 Å². The largest absolute Gasteiger partial charge is 0.342 e. The van der Waals surface area contributed by atoms with Crippen LogP contribution in [0.3, 0.4) is 0 Å². The van der Waals surface area contributed by atoms with E-state index in [1.54, 1.807) is 0 Å². The molecule has 0 aliphatic carbocycles. The van der Waals surface area contributed by atoms with E-state index in [9.17, 15) is 9.59 Å². The van der Waals surface area contributed by atoms with Gasteiger partial charge in [0.15, 0.2) is 5.12 Å². The Morgan fingerprint density at radius 3 is 2.38 bits per heavy atom. The molecule has 1 saturated heterocycles. The highest BCUT2D eigenvalue weighted by molar-refractivity contribution is 8.14. The molecule has 0 saturated carbocycles. The lowest BCUT2D eigenvalue weighted by Gasteiger charge is -2.26. The molecule has 4 heteroatoms. The molecule has 1 aliphatic heterocycles. The van der Waals surface area contributed by atoms with Gasteiger partial charge in [-0.15, -0.1) is 0 Å². The van der Waals surface area contributed by atoms with Gasteiger partial charge in [0.2, 0.25) is 5.91 Å². The van der Waals surface area contributed by atoms with Crippen molar-refractivity contribution in [2.45, 2.75) is 26.2 Å². The first-order chi connectivity index (χ1) is 6.20. The van der Waals surface area contributed by atoms with E-state index in [4.69, 9.17) is 0 Å². The summed E-state index contributed by atoms with van der Waals surface area (Å²) in [5, 5.41) is 0.0189. The zero-order valence-corrected chi connectivity index (χ0v) is 8.73. The number of carbonyl (C=O) groups excluding carboxylic acids is 2. The highest BCUT2D eigenvalue weighted by Gasteiger charge is 2.16. The number of amides is 1. The maximum atomic E-state index is 11.5. The third-order valence-electron chi connectivity index (χ3n) is 2.11. The molecule has 1 amide bonds. The number of thioether (sulfide) groups is 1. The topological polar surface area (TPSA) is 37.4 Å². The summed E-state index contributed by atoms with van der Waals surface area (Å²) in [4.78, 5) is 23.9. The summed E-state index contributed by atoms with van der Waals surface area (Å²) >= 11 is 1.10. The van der Waals surface area contributed by atoms with Gasteiger partial charge >= 0.3 is 0 Å². The van der Waals surface area contributed by atoms with Crippen LogP contribution in [0.25, 0.3) is 0 Å². The number of nitrogens with zero attached hydrogens (tertiary/aromatic N) is 1. The molecular weight excluding hydrogens is 186 g/mol. The lowest BCUT2D eigenvalue weighted by molar-refractivity contribution is -0.129. The summed E-state index contributed by atoms with van der Waals surface area (Å²) in [5.41, 5.74) is 0. The van der Waals surface area contributed by atoms with Crippen LogP contribution in [0.15, 0.2) is 0 Å². The third-order valence-corrected chi connectivity index (χ3v) is 2.91. The smallest absolute Gasteiger partial charge is 0.233 e. The quantitative estimate of drug-likeness (QED) is 0.675. The molecule has 3 nitrogen and oxygen atoms in total. The molecule has 0 spiro atoms. The van der Waals surface area contributed by atoms with Crippen LogP contribution >= 0.6 is 11.8 Å². The second-order valence-electron chi connectivity index (χ2n) is 3.22. The van der Waals surface area contributed by atoms with Gasteiger partial charge < -0.3 is 4.90 Å². The molecule has 1 fully saturated rings. The molecule has 1 aliphatic rings. The number of rotatable bonds is 2. The van der Waals surface area contributed by atoms with Crippen molar-refractivity contribution in [2.75, 3.05) is 18.8 Å². The fourth-order valence-corrected chi connectivity index (χ4v) is 1.91. The highest BCUT2D eigenvalue weighted by Crippen LogP contribution is 2.11. The average molecular weight is 201 g/mol. The van der Waals surface area contributed by atoms with Crippen LogP contribution in [0.4, 0.5) is 0 Å². The van der Waals surface area contributed by atoms with Crippen LogP contribution in [-0.2, 0) is 9.59 Å². The second kappa shape index (κ2) is 5.27. The van der Waals surface area contributed by atoms with Gasteiger partial charge in [-0.3, -0.25) is 9.59 Å². The Kier molecular flexibility index (Phi) is 4.28. The fourth-order valence-electron chi connectivity index (χ4n) is 1.40. The van der Waals surface area contributed by atoms with E-state index in [1.165, 1.54) is 13.3 Å².